The van der Waals surface area contributed by atoms with Gasteiger partial charge < -0.3 is 15.1 Å². The zero-order valence-corrected chi connectivity index (χ0v) is 14.7. The Kier molecular flexibility index (Phi) is 5.15. The van der Waals surface area contributed by atoms with Crippen LogP contribution in [-0.4, -0.2) is 11.8 Å². The predicted octanol–water partition coefficient (Wildman–Crippen LogP) is 4.22. The first-order valence-electron chi connectivity index (χ1n) is 7.79. The summed E-state index contributed by atoms with van der Waals surface area (Å²) < 4.78 is 5.05. The van der Waals surface area contributed by atoms with Crippen molar-refractivity contribution in [3.8, 4) is 6.07 Å². The minimum absolute atomic E-state index is 0.208. The molecule has 0 radical (unpaired) electrons. The summed E-state index contributed by atoms with van der Waals surface area (Å²) in [4.78, 5) is 25.0. The average Bonchev–Trinajstić information content (AvgIpc) is 3.27. The summed E-state index contributed by atoms with van der Waals surface area (Å²) in [7, 11) is 0. The van der Waals surface area contributed by atoms with Gasteiger partial charge in [0.2, 0.25) is 0 Å². The van der Waals surface area contributed by atoms with Crippen molar-refractivity contribution >= 4 is 33.8 Å². The number of thiophene rings is 1. The van der Waals surface area contributed by atoms with E-state index < -0.39 is 0 Å². The quantitative estimate of drug-likeness (QED) is 0.707. The molecule has 0 aliphatic carbocycles. The zero-order chi connectivity index (χ0) is 18.5. The van der Waals surface area contributed by atoms with Crippen molar-refractivity contribution in [2.24, 2.45) is 0 Å². The summed E-state index contributed by atoms with van der Waals surface area (Å²) in [6, 6.07) is 14.1. The first-order chi connectivity index (χ1) is 12.6. The predicted molar refractivity (Wildman–Crippen MR) is 99.4 cm³/mol. The van der Waals surface area contributed by atoms with Crippen LogP contribution in [0.3, 0.4) is 0 Å². The number of anilines is 2. The highest BCUT2D eigenvalue weighted by Gasteiger charge is 2.16. The van der Waals surface area contributed by atoms with Crippen molar-refractivity contribution in [3.05, 3.63) is 70.5 Å². The molecule has 0 saturated carbocycles. The van der Waals surface area contributed by atoms with E-state index in [1.165, 1.54) is 17.6 Å². The van der Waals surface area contributed by atoms with Crippen LogP contribution in [0.5, 0.6) is 0 Å². The van der Waals surface area contributed by atoms with Gasteiger partial charge in [0.15, 0.2) is 5.76 Å². The molecular weight excluding hydrogens is 350 g/mol. The number of furan rings is 1. The monoisotopic (exact) mass is 365 g/mol. The summed E-state index contributed by atoms with van der Waals surface area (Å²) in [5.41, 5.74) is 2.30. The van der Waals surface area contributed by atoms with E-state index in [0.29, 0.717) is 22.0 Å². The van der Waals surface area contributed by atoms with E-state index in [1.807, 2.05) is 6.92 Å². The van der Waals surface area contributed by atoms with Gasteiger partial charge in [-0.15, -0.1) is 11.3 Å². The van der Waals surface area contributed by atoms with Crippen LogP contribution >= 0.6 is 11.3 Å². The van der Waals surface area contributed by atoms with Gasteiger partial charge in [-0.3, -0.25) is 9.59 Å². The first kappa shape index (κ1) is 17.5. The van der Waals surface area contributed by atoms with Crippen molar-refractivity contribution in [2.75, 3.05) is 10.6 Å². The summed E-state index contributed by atoms with van der Waals surface area (Å²) in [6.45, 7) is 1.81. The van der Waals surface area contributed by atoms with Gasteiger partial charge >= 0.3 is 0 Å². The molecule has 0 bridgehead atoms. The van der Waals surface area contributed by atoms with Gasteiger partial charge in [0.05, 0.1) is 28.6 Å². The normalized spacial score (nSPS) is 10.2. The second-order valence-electron chi connectivity index (χ2n) is 5.54. The van der Waals surface area contributed by atoms with E-state index in [-0.39, 0.29) is 17.6 Å². The number of carbonyl (C=O) groups excluding carboxylic acids is 2. The van der Waals surface area contributed by atoms with Crippen LogP contribution in [0, 0.1) is 18.3 Å². The third kappa shape index (κ3) is 3.99. The standard InChI is InChI=1S/C19H15N3O3S/c1-12-11-16(22-18(23)15-3-2-10-25-15)26-17(12)19(24)21-14-6-4-13(5-7-14)8-9-20/h2-7,10-11H,8H2,1H3,(H,21,24)(H,22,23). The molecule has 2 N–H and O–H groups in total. The van der Waals surface area contributed by atoms with Gasteiger partial charge in [-0.1, -0.05) is 12.1 Å². The van der Waals surface area contributed by atoms with Gasteiger partial charge in [-0.25, -0.2) is 0 Å². The molecule has 0 saturated heterocycles. The summed E-state index contributed by atoms with van der Waals surface area (Å²) in [6.07, 6.45) is 1.76. The number of nitrogens with one attached hydrogen (secondary N) is 2. The summed E-state index contributed by atoms with van der Waals surface area (Å²) in [5, 5.41) is 14.8. The van der Waals surface area contributed by atoms with Crippen LogP contribution in [0.2, 0.25) is 0 Å². The molecule has 0 aliphatic heterocycles. The number of aryl methyl sites for hydroxylation is 1. The van der Waals surface area contributed by atoms with E-state index in [2.05, 4.69) is 16.7 Å². The number of carbonyl (C=O) groups is 2. The molecule has 3 rings (SSSR count). The van der Waals surface area contributed by atoms with Gasteiger partial charge in [0, 0.05) is 5.69 Å². The Morgan fingerprint density at radius 1 is 1.15 bits per heavy atom. The number of hydrogen-bond acceptors (Lipinski definition) is 5. The number of nitrogens with zero attached hydrogens (tertiary/aromatic N) is 1. The summed E-state index contributed by atoms with van der Waals surface area (Å²) >= 11 is 1.20. The Balaban J connectivity index is 1.69. The lowest BCUT2D eigenvalue weighted by Crippen LogP contribution is -2.11. The van der Waals surface area contributed by atoms with Crippen LogP contribution in [-0.2, 0) is 6.42 Å². The van der Waals surface area contributed by atoms with E-state index in [0.717, 1.165) is 11.1 Å². The molecule has 0 spiro atoms. The lowest BCUT2D eigenvalue weighted by molar-refractivity contribution is 0.0995. The highest BCUT2D eigenvalue weighted by molar-refractivity contribution is 7.18. The number of benzene rings is 1. The maximum Gasteiger partial charge on any atom is 0.291 e. The number of amides is 2. The molecule has 0 atom stereocenters. The second-order valence-corrected chi connectivity index (χ2v) is 6.59. The lowest BCUT2D eigenvalue weighted by atomic mass is 10.1. The third-order valence-corrected chi connectivity index (χ3v) is 4.75. The number of rotatable bonds is 5. The van der Waals surface area contributed by atoms with Crippen LogP contribution in [0.1, 0.15) is 31.4 Å². The molecule has 2 heterocycles. The minimum Gasteiger partial charge on any atom is -0.459 e. The topological polar surface area (TPSA) is 95.1 Å². The fraction of sp³-hybridized carbons (Fsp3) is 0.105. The van der Waals surface area contributed by atoms with Crippen molar-refractivity contribution in [1.82, 2.24) is 0 Å². The molecule has 0 unspecified atom stereocenters. The summed E-state index contributed by atoms with van der Waals surface area (Å²) in [5.74, 6) is -0.408. The Morgan fingerprint density at radius 2 is 1.92 bits per heavy atom. The Morgan fingerprint density at radius 3 is 2.58 bits per heavy atom. The fourth-order valence-electron chi connectivity index (χ4n) is 2.34. The smallest absolute Gasteiger partial charge is 0.291 e. The molecular formula is C19H15N3O3S. The maximum absolute atomic E-state index is 12.5. The number of hydrogen-bond donors (Lipinski definition) is 2. The second kappa shape index (κ2) is 7.68. The van der Waals surface area contributed by atoms with Crippen molar-refractivity contribution in [1.29, 1.82) is 5.26 Å². The first-order valence-corrected chi connectivity index (χ1v) is 8.61. The lowest BCUT2D eigenvalue weighted by Gasteiger charge is -2.05. The molecule has 26 heavy (non-hydrogen) atoms. The Bertz CT molecular complexity index is 967. The van der Waals surface area contributed by atoms with Gasteiger partial charge in [-0.05, 0) is 48.4 Å². The molecule has 1 aromatic carbocycles. The molecule has 7 heteroatoms. The highest BCUT2D eigenvalue weighted by Crippen LogP contribution is 2.28. The van der Waals surface area contributed by atoms with Crippen molar-refractivity contribution in [2.45, 2.75) is 13.3 Å². The zero-order valence-electron chi connectivity index (χ0n) is 13.9. The van der Waals surface area contributed by atoms with Crippen LogP contribution in [0.15, 0.2) is 53.1 Å². The van der Waals surface area contributed by atoms with Gasteiger partial charge in [0.1, 0.15) is 0 Å². The van der Waals surface area contributed by atoms with Crippen LogP contribution in [0.25, 0.3) is 0 Å². The van der Waals surface area contributed by atoms with Crippen LogP contribution < -0.4 is 10.6 Å². The molecule has 6 nitrogen and oxygen atoms in total. The fourth-order valence-corrected chi connectivity index (χ4v) is 3.30. The Hall–Kier alpha value is -3.37. The highest BCUT2D eigenvalue weighted by atomic mass is 32.1. The minimum atomic E-state index is -0.365. The van der Waals surface area contributed by atoms with Gasteiger partial charge in [-0.2, -0.15) is 5.26 Å². The number of nitriles is 1. The molecule has 0 fully saturated rings. The van der Waals surface area contributed by atoms with Gasteiger partial charge in [0.25, 0.3) is 11.8 Å². The molecule has 0 aliphatic rings. The van der Waals surface area contributed by atoms with Crippen LogP contribution in [0.4, 0.5) is 10.7 Å². The van der Waals surface area contributed by atoms with E-state index in [4.69, 9.17) is 9.68 Å². The van der Waals surface area contributed by atoms with E-state index in [1.54, 1.807) is 42.5 Å². The van der Waals surface area contributed by atoms with Crippen molar-refractivity contribution in [3.63, 3.8) is 0 Å². The van der Waals surface area contributed by atoms with Crippen molar-refractivity contribution < 1.29 is 14.0 Å². The Labute approximate surface area is 154 Å². The molecule has 2 amide bonds. The largest absolute Gasteiger partial charge is 0.459 e. The van der Waals surface area contributed by atoms with E-state index in [9.17, 15) is 9.59 Å². The third-order valence-electron chi connectivity index (χ3n) is 3.60. The SMILES string of the molecule is Cc1cc(NC(=O)c2ccco2)sc1C(=O)Nc1ccc(CC#N)cc1. The molecule has 3 aromatic rings. The molecule has 2 aromatic heterocycles. The average molecular weight is 365 g/mol. The van der Waals surface area contributed by atoms with E-state index >= 15 is 0 Å². The molecule has 130 valence electrons. The maximum atomic E-state index is 12.5.